The van der Waals surface area contributed by atoms with Crippen LogP contribution in [0.2, 0.25) is 0 Å². The molecule has 196 valence electrons. The van der Waals surface area contributed by atoms with Crippen molar-refractivity contribution in [2.75, 3.05) is 0 Å². The van der Waals surface area contributed by atoms with Crippen LogP contribution in [-0.4, -0.2) is 0 Å². The average molecular weight is 537 g/mol. The fraction of sp³-hybridized carbons (Fsp3) is 0.118. The van der Waals surface area contributed by atoms with Crippen molar-refractivity contribution < 1.29 is 26.7 Å². The molecule has 0 fully saturated rings. The molecule has 7 rings (SSSR count). The third-order valence-corrected chi connectivity index (χ3v) is 8.24. The summed E-state index contributed by atoms with van der Waals surface area (Å²) in [4.78, 5) is 0. The zero-order chi connectivity index (χ0) is 27.5. The van der Waals surface area contributed by atoms with Crippen molar-refractivity contribution in [3.8, 4) is 33.6 Å². The molecule has 2 atom stereocenters. The molecule has 0 saturated heterocycles. The lowest BCUT2D eigenvalue weighted by Gasteiger charge is -2.29. The Balaban J connectivity index is 1.56. The molecule has 6 heteroatoms. The van der Waals surface area contributed by atoms with Crippen LogP contribution in [0.4, 0.5) is 17.6 Å². The Morgan fingerprint density at radius 3 is 2.23 bits per heavy atom. The normalized spacial score (nSPS) is 17.4. The maximum Gasteiger partial charge on any atom is 0.249 e. The van der Waals surface area contributed by atoms with E-state index in [1.807, 2.05) is 85.2 Å². The van der Waals surface area contributed by atoms with Crippen molar-refractivity contribution in [3.05, 3.63) is 138 Å². The molecule has 2 aliphatic rings. The number of fused-ring (bicyclic) bond motifs is 9. The minimum Gasteiger partial charge on any atom is -0.203 e. The minimum absolute atomic E-state index is 0.0151. The van der Waals surface area contributed by atoms with Gasteiger partial charge in [0.2, 0.25) is 23.1 Å². The van der Waals surface area contributed by atoms with E-state index in [-0.39, 0.29) is 35.2 Å². The zero-order valence-corrected chi connectivity index (χ0v) is 21.4. The Bertz CT molecular complexity index is 1830. The quantitative estimate of drug-likeness (QED) is 0.0904. The van der Waals surface area contributed by atoms with Crippen molar-refractivity contribution in [1.82, 2.24) is 0 Å². The second-order valence-corrected chi connectivity index (χ2v) is 10.3. The van der Waals surface area contributed by atoms with Crippen LogP contribution in [0.5, 0.6) is 0 Å². The summed E-state index contributed by atoms with van der Waals surface area (Å²) in [5.41, 5.74) is 5.20. The van der Waals surface area contributed by atoms with Crippen molar-refractivity contribution in [2.45, 2.75) is 24.8 Å². The maximum absolute atomic E-state index is 15.6. The predicted octanol–water partition coefficient (Wildman–Crippen LogP) is 7.57. The minimum atomic E-state index is -1.82. The Kier molecular flexibility index (Phi) is 5.66. The Morgan fingerprint density at radius 1 is 0.675 bits per heavy atom. The summed E-state index contributed by atoms with van der Waals surface area (Å²) in [6.07, 6.45) is 4.19. The second-order valence-electron chi connectivity index (χ2n) is 10.3. The maximum atomic E-state index is 15.6. The second kappa shape index (κ2) is 9.26. The molecule has 0 radical (unpaired) electrons. The van der Waals surface area contributed by atoms with Gasteiger partial charge in [-0.1, -0.05) is 48.5 Å². The number of halogens is 4. The average Bonchev–Trinajstić information content (AvgIpc) is 3.05. The van der Waals surface area contributed by atoms with Crippen LogP contribution in [0.1, 0.15) is 29.5 Å². The van der Waals surface area contributed by atoms with Crippen LogP contribution < -0.4 is 9.13 Å². The molecular weight excluding hydrogens is 512 g/mol. The molecule has 2 aromatic heterocycles. The molecular formula is C34H24F4N2+2. The Morgan fingerprint density at radius 2 is 1.40 bits per heavy atom. The number of allylic oxidation sites excluding steroid dienone is 1. The summed E-state index contributed by atoms with van der Waals surface area (Å²) in [6.45, 7) is 4.51. The monoisotopic (exact) mass is 536 g/mol. The summed E-state index contributed by atoms with van der Waals surface area (Å²) in [7, 11) is 0. The zero-order valence-electron chi connectivity index (χ0n) is 21.4. The van der Waals surface area contributed by atoms with Crippen LogP contribution in [0.15, 0.2) is 104 Å². The van der Waals surface area contributed by atoms with Crippen LogP contribution in [-0.2, 0) is 6.42 Å². The molecule has 3 aromatic carbocycles. The third kappa shape index (κ3) is 3.55. The van der Waals surface area contributed by atoms with Gasteiger partial charge in [0.1, 0.15) is 0 Å². The van der Waals surface area contributed by atoms with Gasteiger partial charge in [-0.05, 0) is 48.7 Å². The van der Waals surface area contributed by atoms with Crippen LogP contribution in [0.3, 0.4) is 0 Å². The molecule has 0 aliphatic carbocycles. The Hall–Kier alpha value is -4.58. The largest absolute Gasteiger partial charge is 0.249 e. The van der Waals surface area contributed by atoms with Gasteiger partial charge in [-0.3, -0.25) is 0 Å². The van der Waals surface area contributed by atoms with E-state index in [0.29, 0.717) is 12.1 Å². The standard InChI is InChI=1S/C34H24F4N2/c1-20-34-25(23-11-5-6-12-24(23)27-13-7-8-18-39(27)34)15-16-26-29(31(36)33(38)32(37)30(26)35)28-17-14-22(19-40(20)28)21-9-3-2-4-10-21/h2-14,17-19,25,34H,1,15-16H2/q+2. The van der Waals surface area contributed by atoms with Gasteiger partial charge in [-0.2, -0.15) is 9.13 Å². The van der Waals surface area contributed by atoms with Crippen LogP contribution in [0, 0.1) is 23.3 Å². The molecule has 0 bridgehead atoms. The molecule has 4 heterocycles. The van der Waals surface area contributed by atoms with Crippen molar-refractivity contribution in [1.29, 1.82) is 0 Å². The summed E-state index contributed by atoms with van der Waals surface area (Å²) >= 11 is 0. The van der Waals surface area contributed by atoms with Gasteiger partial charge in [0, 0.05) is 34.9 Å². The van der Waals surface area contributed by atoms with Gasteiger partial charge in [-0.25, -0.2) is 17.6 Å². The number of hydrogen-bond donors (Lipinski definition) is 0. The highest BCUT2D eigenvalue weighted by molar-refractivity contribution is 5.70. The topological polar surface area (TPSA) is 7.76 Å². The number of nitrogens with zero attached hydrogens (tertiary/aromatic N) is 2. The summed E-state index contributed by atoms with van der Waals surface area (Å²) in [5.74, 6) is -6.55. The van der Waals surface area contributed by atoms with E-state index in [9.17, 15) is 8.78 Å². The van der Waals surface area contributed by atoms with E-state index < -0.39 is 23.3 Å². The van der Waals surface area contributed by atoms with Gasteiger partial charge in [-0.15, -0.1) is 0 Å². The third-order valence-electron chi connectivity index (χ3n) is 8.24. The highest BCUT2D eigenvalue weighted by Gasteiger charge is 2.47. The van der Waals surface area contributed by atoms with Gasteiger partial charge < -0.3 is 0 Å². The number of aromatic nitrogens is 2. The smallest absolute Gasteiger partial charge is 0.203 e. The molecule has 0 saturated carbocycles. The molecule has 2 aliphatic heterocycles. The number of benzene rings is 3. The van der Waals surface area contributed by atoms with E-state index in [2.05, 4.69) is 11.1 Å². The fourth-order valence-electron chi connectivity index (χ4n) is 6.42. The fourth-order valence-corrected chi connectivity index (χ4v) is 6.42. The van der Waals surface area contributed by atoms with E-state index in [1.165, 1.54) is 0 Å². The molecule has 0 N–H and O–H groups in total. The van der Waals surface area contributed by atoms with Gasteiger partial charge in [0.25, 0.3) is 0 Å². The number of rotatable bonds is 1. The summed E-state index contributed by atoms with van der Waals surface area (Å²) in [5, 5.41) is 0. The lowest BCUT2D eigenvalue weighted by Crippen LogP contribution is -2.53. The van der Waals surface area contributed by atoms with Gasteiger partial charge in [0.15, 0.2) is 35.7 Å². The lowest BCUT2D eigenvalue weighted by atomic mass is 9.78. The summed E-state index contributed by atoms with van der Waals surface area (Å²) in [6, 6.07) is 26.7. The summed E-state index contributed by atoms with van der Waals surface area (Å²) < 4.78 is 64.3. The SMILES string of the molecule is C=C1C2C(CCc3c(F)c(F)c(F)c(F)c3-c3ccc(-c4ccccc4)c[n+]31)c1ccccc1-c1cccc[n+]12. The van der Waals surface area contributed by atoms with Gasteiger partial charge >= 0.3 is 0 Å². The first kappa shape index (κ1) is 24.5. The first-order valence-corrected chi connectivity index (χ1v) is 13.2. The van der Waals surface area contributed by atoms with Gasteiger partial charge in [0.05, 0.1) is 11.5 Å². The van der Waals surface area contributed by atoms with E-state index in [1.54, 1.807) is 16.7 Å². The number of hydrogen-bond acceptors (Lipinski definition) is 0. The van der Waals surface area contributed by atoms with Crippen LogP contribution in [0.25, 0.3) is 39.3 Å². The predicted molar refractivity (Wildman–Crippen MR) is 145 cm³/mol. The molecule has 0 amide bonds. The van der Waals surface area contributed by atoms with E-state index >= 15 is 8.78 Å². The highest BCUT2D eigenvalue weighted by atomic mass is 19.2. The van der Waals surface area contributed by atoms with Crippen molar-refractivity contribution in [2.24, 2.45) is 0 Å². The molecule has 40 heavy (non-hydrogen) atoms. The lowest BCUT2D eigenvalue weighted by molar-refractivity contribution is -0.727. The first-order valence-electron chi connectivity index (χ1n) is 13.2. The van der Waals surface area contributed by atoms with E-state index in [0.717, 1.165) is 27.9 Å². The van der Waals surface area contributed by atoms with Crippen molar-refractivity contribution in [3.63, 3.8) is 0 Å². The molecule has 2 nitrogen and oxygen atoms in total. The Labute approximate surface area is 229 Å². The van der Waals surface area contributed by atoms with E-state index in [4.69, 9.17) is 0 Å². The first-order chi connectivity index (χ1) is 19.5. The van der Waals surface area contributed by atoms with Crippen LogP contribution >= 0.6 is 0 Å². The molecule has 2 unspecified atom stereocenters. The highest BCUT2D eigenvalue weighted by Crippen LogP contribution is 2.45. The number of pyridine rings is 2. The molecule has 0 spiro atoms. The molecule has 5 aromatic rings. The van der Waals surface area contributed by atoms with Crippen molar-refractivity contribution >= 4 is 5.70 Å².